The van der Waals surface area contributed by atoms with Crippen LogP contribution in [0.15, 0.2) is 109 Å². The second-order valence-corrected chi connectivity index (χ2v) is 13.2. The van der Waals surface area contributed by atoms with E-state index in [-0.39, 0.29) is 23.5 Å². The zero-order chi connectivity index (χ0) is 29.8. The lowest BCUT2D eigenvalue weighted by molar-refractivity contribution is -0.121. The van der Waals surface area contributed by atoms with E-state index in [1.165, 1.54) is 11.1 Å². The summed E-state index contributed by atoms with van der Waals surface area (Å²) in [6.07, 6.45) is 4.02. The lowest BCUT2D eigenvalue weighted by Crippen LogP contribution is -2.60. The van der Waals surface area contributed by atoms with Crippen molar-refractivity contribution in [2.75, 3.05) is 6.54 Å². The van der Waals surface area contributed by atoms with Crippen molar-refractivity contribution in [3.8, 4) is 0 Å². The quantitative estimate of drug-likeness (QED) is 0.201. The Bertz CT molecular complexity index is 2070. The second-order valence-electron chi connectivity index (χ2n) is 13.2. The lowest BCUT2D eigenvalue weighted by atomic mass is 9.55. The molecule has 2 spiro atoms. The Morgan fingerprint density at radius 3 is 2.14 bits per heavy atom. The Labute approximate surface area is 257 Å². The van der Waals surface area contributed by atoms with Gasteiger partial charge in [0.2, 0.25) is 0 Å². The molecule has 0 aromatic heterocycles. The van der Waals surface area contributed by atoms with Gasteiger partial charge in [-0.2, -0.15) is 0 Å². The molecule has 4 atom stereocenters. The molecule has 9 rings (SSSR count). The summed E-state index contributed by atoms with van der Waals surface area (Å²) in [7, 11) is 0. The van der Waals surface area contributed by atoms with E-state index in [9.17, 15) is 0 Å². The number of carbonyl (C=O) groups excluding carboxylic acids is 2. The van der Waals surface area contributed by atoms with Gasteiger partial charge >= 0.3 is 0 Å². The predicted molar refractivity (Wildman–Crippen MR) is 176 cm³/mol. The highest BCUT2D eigenvalue weighted by Crippen LogP contribution is 2.71. The number of hydrogen-bond donors (Lipinski definition) is 0. The zero-order valence-corrected chi connectivity index (χ0v) is 25.0. The Morgan fingerprint density at radius 2 is 1.36 bits per heavy atom. The van der Waals surface area contributed by atoms with Gasteiger partial charge in [0.1, 0.15) is 5.54 Å². The Morgan fingerprint density at radius 1 is 0.705 bits per heavy atom. The first-order valence-corrected chi connectivity index (χ1v) is 15.8. The average molecular weight is 572 g/mol. The van der Waals surface area contributed by atoms with Crippen molar-refractivity contribution in [2.24, 2.45) is 0 Å². The minimum absolute atomic E-state index is 0.0574. The number of benzene rings is 5. The number of Topliss-reactive ketones (excluding diaryl/α,β-unsaturated/α-hetero) is 2. The third-order valence-electron chi connectivity index (χ3n) is 11.1. The van der Waals surface area contributed by atoms with Crippen LogP contribution >= 0.6 is 0 Å². The number of aryl methyl sites for hydroxylation is 2. The molecule has 2 saturated heterocycles. The molecule has 0 unspecified atom stereocenters. The van der Waals surface area contributed by atoms with Crippen LogP contribution in [0.4, 0.5) is 0 Å². The fourth-order valence-corrected chi connectivity index (χ4v) is 9.53. The first-order chi connectivity index (χ1) is 21.5. The van der Waals surface area contributed by atoms with Gasteiger partial charge < -0.3 is 0 Å². The van der Waals surface area contributed by atoms with Gasteiger partial charge in [0, 0.05) is 23.1 Å². The van der Waals surface area contributed by atoms with Gasteiger partial charge in [-0.15, -0.1) is 0 Å². The number of carbonyl (C=O) groups is 2. The molecule has 2 aliphatic carbocycles. The summed E-state index contributed by atoms with van der Waals surface area (Å²) in [4.78, 5) is 33.8. The summed E-state index contributed by atoms with van der Waals surface area (Å²) in [6.45, 7) is 4.97. The number of nitrogens with zero attached hydrogens (tertiary/aromatic N) is 1. The maximum Gasteiger partial charge on any atom is 0.189 e. The Balaban J connectivity index is 1.43. The molecule has 0 radical (unpaired) electrons. The third-order valence-corrected chi connectivity index (χ3v) is 11.1. The smallest absolute Gasteiger partial charge is 0.189 e. The molecule has 2 fully saturated rings. The van der Waals surface area contributed by atoms with Gasteiger partial charge in [0.25, 0.3) is 0 Å². The molecular weight excluding hydrogens is 538 g/mol. The van der Waals surface area contributed by atoms with Gasteiger partial charge in [-0.1, -0.05) is 120 Å². The van der Waals surface area contributed by atoms with Crippen molar-refractivity contribution in [1.29, 1.82) is 0 Å². The van der Waals surface area contributed by atoms with E-state index in [0.717, 1.165) is 63.5 Å². The van der Waals surface area contributed by atoms with Crippen LogP contribution in [-0.2, 0) is 15.7 Å². The fraction of sp³-hybridized carbons (Fsp3) is 0.220. The summed E-state index contributed by atoms with van der Waals surface area (Å²) in [5.74, 6) is -0.0420. The summed E-state index contributed by atoms with van der Waals surface area (Å²) in [6, 6.07) is 37.9. The molecule has 5 aromatic carbocycles. The lowest BCUT2D eigenvalue weighted by Gasteiger charge is -2.46. The van der Waals surface area contributed by atoms with E-state index in [1.807, 2.05) is 18.2 Å². The zero-order valence-electron chi connectivity index (χ0n) is 25.0. The molecule has 3 heteroatoms. The molecule has 0 amide bonds. The van der Waals surface area contributed by atoms with E-state index in [1.54, 1.807) is 0 Å². The fourth-order valence-electron chi connectivity index (χ4n) is 9.53. The van der Waals surface area contributed by atoms with Crippen molar-refractivity contribution in [1.82, 2.24) is 4.90 Å². The molecule has 0 saturated carbocycles. The maximum atomic E-state index is 15.9. The van der Waals surface area contributed by atoms with E-state index >= 15 is 9.59 Å². The number of hydrogen-bond acceptors (Lipinski definition) is 3. The summed E-state index contributed by atoms with van der Waals surface area (Å²) in [5.41, 5.74) is 6.63. The largest absolute Gasteiger partial charge is 0.293 e. The molecule has 44 heavy (non-hydrogen) atoms. The van der Waals surface area contributed by atoms with Gasteiger partial charge in [0.05, 0.1) is 5.41 Å². The minimum atomic E-state index is -1.14. The highest BCUT2D eigenvalue weighted by Gasteiger charge is 2.79. The first-order valence-electron chi connectivity index (χ1n) is 15.8. The maximum absolute atomic E-state index is 15.9. The molecule has 0 N–H and O–H groups in total. The van der Waals surface area contributed by atoms with Crippen molar-refractivity contribution < 1.29 is 9.59 Å². The first kappa shape index (κ1) is 25.9. The molecule has 214 valence electrons. The number of rotatable bonds is 2. The van der Waals surface area contributed by atoms with Crippen LogP contribution in [0.2, 0.25) is 0 Å². The molecule has 2 heterocycles. The standard InChI is InChI=1S/C41H33NO2/c1-25-15-19-27(20-16-25)24-32-30-10-3-4-12-33(30)40(38(32)43)37(29-21-17-26(2)18-22-29)35-14-7-23-42(35)41(40)34-13-6-9-28-8-5-11-31(36(28)34)39(41)44/h3-6,8-13,15-22,24,35,37H,7,14,23H2,1-2H3/b32-24+/t35-,37-,40-,41+/m0/s1. The molecule has 3 nitrogen and oxygen atoms in total. The Hall–Kier alpha value is -4.60. The van der Waals surface area contributed by atoms with Crippen LogP contribution < -0.4 is 0 Å². The molecule has 0 bridgehead atoms. The van der Waals surface area contributed by atoms with Gasteiger partial charge in [-0.25, -0.2) is 0 Å². The second kappa shape index (κ2) is 8.97. The van der Waals surface area contributed by atoms with E-state index < -0.39 is 11.0 Å². The monoisotopic (exact) mass is 571 g/mol. The molecular formula is C41H33NO2. The van der Waals surface area contributed by atoms with E-state index in [2.05, 4.69) is 116 Å². The Kier molecular flexibility index (Phi) is 5.27. The van der Waals surface area contributed by atoms with Gasteiger partial charge in [-0.05, 0) is 77.9 Å². The minimum Gasteiger partial charge on any atom is -0.293 e. The van der Waals surface area contributed by atoms with Crippen LogP contribution in [0.5, 0.6) is 0 Å². The van der Waals surface area contributed by atoms with E-state index in [0.29, 0.717) is 5.57 Å². The number of allylic oxidation sites excluding steroid dienone is 1. The summed E-state index contributed by atoms with van der Waals surface area (Å²) in [5, 5.41) is 2.07. The van der Waals surface area contributed by atoms with Crippen LogP contribution in [0.25, 0.3) is 22.4 Å². The highest BCUT2D eigenvalue weighted by atomic mass is 16.1. The molecule has 2 aliphatic heterocycles. The third kappa shape index (κ3) is 2.96. The topological polar surface area (TPSA) is 37.4 Å². The van der Waals surface area contributed by atoms with Crippen LogP contribution in [0, 0.1) is 13.8 Å². The van der Waals surface area contributed by atoms with Gasteiger partial charge in [-0.3, -0.25) is 14.5 Å². The predicted octanol–water partition coefficient (Wildman–Crippen LogP) is 8.17. The van der Waals surface area contributed by atoms with Crippen molar-refractivity contribution >= 4 is 34.0 Å². The van der Waals surface area contributed by atoms with Gasteiger partial charge in [0.15, 0.2) is 11.6 Å². The number of fused-ring (bicyclic) bond motifs is 6. The van der Waals surface area contributed by atoms with Crippen molar-refractivity contribution in [2.45, 2.75) is 49.6 Å². The van der Waals surface area contributed by atoms with Crippen LogP contribution in [-0.4, -0.2) is 29.1 Å². The number of ketones is 2. The highest BCUT2D eigenvalue weighted by molar-refractivity contribution is 6.37. The van der Waals surface area contributed by atoms with E-state index in [4.69, 9.17) is 0 Å². The molecule has 5 aromatic rings. The molecule has 4 aliphatic rings. The SMILES string of the molecule is Cc1ccc(/C=C2/C(=O)[C@]3(c4ccccc42)[C@@H](c2ccc(C)cc2)[C@@H]2CCCN2[C@]32C(=O)c3cccc4cccc2c34)cc1. The van der Waals surface area contributed by atoms with Crippen LogP contribution in [0.1, 0.15) is 68.1 Å². The van der Waals surface area contributed by atoms with Crippen molar-refractivity contribution in [3.63, 3.8) is 0 Å². The summed E-state index contributed by atoms with van der Waals surface area (Å²) < 4.78 is 0. The normalized spacial score (nSPS) is 27.7. The van der Waals surface area contributed by atoms with Crippen LogP contribution in [0.3, 0.4) is 0 Å². The summed E-state index contributed by atoms with van der Waals surface area (Å²) >= 11 is 0. The average Bonchev–Trinajstić information content (AvgIpc) is 3.75. The van der Waals surface area contributed by atoms with Crippen molar-refractivity contribution in [3.05, 3.63) is 154 Å².